The summed E-state index contributed by atoms with van der Waals surface area (Å²) in [5, 5.41) is 0.824. The Kier molecular flexibility index (Phi) is 3.96. The highest BCUT2D eigenvalue weighted by Gasteiger charge is 2.39. The summed E-state index contributed by atoms with van der Waals surface area (Å²) in [6.45, 7) is 3.13. The van der Waals surface area contributed by atoms with E-state index in [4.69, 9.17) is 17.3 Å². The summed E-state index contributed by atoms with van der Waals surface area (Å²) < 4.78 is 0. The lowest BCUT2D eigenvalue weighted by Crippen LogP contribution is -2.28. The molecule has 2 bridgehead atoms. The Bertz CT molecular complexity index is 486. The molecule has 0 saturated heterocycles. The van der Waals surface area contributed by atoms with E-state index in [0.717, 1.165) is 40.6 Å². The molecule has 0 aromatic heterocycles. The van der Waals surface area contributed by atoms with Gasteiger partial charge < -0.3 is 10.6 Å². The minimum absolute atomic E-state index is 0.0393. The predicted molar refractivity (Wildman–Crippen MR) is 86.3 cm³/mol. The van der Waals surface area contributed by atoms with Crippen LogP contribution in [0.4, 0.5) is 5.69 Å². The van der Waals surface area contributed by atoms with Gasteiger partial charge >= 0.3 is 0 Å². The quantitative estimate of drug-likeness (QED) is 0.900. The molecule has 20 heavy (non-hydrogen) atoms. The van der Waals surface area contributed by atoms with Gasteiger partial charge in [-0.25, -0.2) is 0 Å². The molecule has 4 atom stereocenters. The maximum atomic E-state index is 6.44. The summed E-state index contributed by atoms with van der Waals surface area (Å²) in [6, 6.07) is 6.27. The average molecular weight is 293 g/mol. The van der Waals surface area contributed by atoms with Crippen molar-refractivity contribution in [2.45, 2.75) is 38.6 Å². The van der Waals surface area contributed by atoms with Gasteiger partial charge in [0, 0.05) is 19.6 Å². The fourth-order valence-corrected chi connectivity index (χ4v) is 4.50. The van der Waals surface area contributed by atoms with Crippen molar-refractivity contribution in [3.05, 3.63) is 28.8 Å². The highest BCUT2D eigenvalue weighted by atomic mass is 35.5. The van der Waals surface area contributed by atoms with Gasteiger partial charge in [0.05, 0.1) is 10.7 Å². The normalized spacial score (nSPS) is 29.7. The maximum Gasteiger partial charge on any atom is 0.0642 e. The standard InChI is InChI=1S/C17H25ClN2/c1-11(19)13-5-6-17(16(18)9-13)20(2)10-15-8-12-3-4-14(15)7-12/h5-6,9,11-12,14-15H,3-4,7-8,10,19H2,1-2H3. The molecule has 0 amide bonds. The van der Waals surface area contributed by atoms with Gasteiger partial charge in [-0.15, -0.1) is 0 Å². The zero-order valence-corrected chi connectivity index (χ0v) is 13.2. The van der Waals surface area contributed by atoms with E-state index in [1.54, 1.807) is 0 Å². The Hall–Kier alpha value is -0.730. The topological polar surface area (TPSA) is 29.3 Å². The molecule has 0 aliphatic heterocycles. The third kappa shape index (κ3) is 2.68. The van der Waals surface area contributed by atoms with Crippen molar-refractivity contribution in [1.29, 1.82) is 0 Å². The van der Waals surface area contributed by atoms with Crippen molar-refractivity contribution in [2.75, 3.05) is 18.5 Å². The summed E-state index contributed by atoms with van der Waals surface area (Å²) in [7, 11) is 2.17. The Labute approximate surface area is 127 Å². The molecule has 110 valence electrons. The van der Waals surface area contributed by atoms with E-state index in [-0.39, 0.29) is 6.04 Å². The SMILES string of the molecule is CC(N)c1ccc(N(C)CC2CC3CCC2C3)c(Cl)c1. The largest absolute Gasteiger partial charge is 0.373 e. The Balaban J connectivity index is 1.69. The molecule has 2 fully saturated rings. The fraction of sp³-hybridized carbons (Fsp3) is 0.647. The third-order valence-electron chi connectivity index (χ3n) is 5.30. The molecular formula is C17H25ClN2. The molecule has 2 N–H and O–H groups in total. The van der Waals surface area contributed by atoms with E-state index in [2.05, 4.69) is 24.1 Å². The summed E-state index contributed by atoms with van der Waals surface area (Å²) >= 11 is 6.44. The van der Waals surface area contributed by atoms with Gasteiger partial charge in [0.25, 0.3) is 0 Å². The molecule has 0 radical (unpaired) electrons. The number of benzene rings is 1. The van der Waals surface area contributed by atoms with Crippen molar-refractivity contribution >= 4 is 17.3 Å². The average Bonchev–Trinajstić information content (AvgIpc) is 3.00. The van der Waals surface area contributed by atoms with Crippen molar-refractivity contribution in [2.24, 2.45) is 23.5 Å². The van der Waals surface area contributed by atoms with Crippen LogP contribution in [-0.2, 0) is 0 Å². The number of rotatable bonds is 4. The van der Waals surface area contributed by atoms with Crippen molar-refractivity contribution in [3.8, 4) is 0 Å². The number of nitrogens with zero attached hydrogens (tertiary/aromatic N) is 1. The molecular weight excluding hydrogens is 268 g/mol. The number of fused-ring (bicyclic) bond motifs is 2. The number of halogens is 1. The lowest BCUT2D eigenvalue weighted by Gasteiger charge is -2.29. The zero-order valence-electron chi connectivity index (χ0n) is 12.5. The van der Waals surface area contributed by atoms with E-state index < -0.39 is 0 Å². The molecule has 1 aromatic rings. The van der Waals surface area contributed by atoms with Gasteiger partial charge in [0.1, 0.15) is 0 Å². The first-order chi connectivity index (χ1) is 9.54. The van der Waals surface area contributed by atoms with E-state index in [9.17, 15) is 0 Å². The van der Waals surface area contributed by atoms with Crippen LogP contribution in [0.1, 0.15) is 44.2 Å². The predicted octanol–water partition coefficient (Wildman–Crippen LogP) is 4.23. The molecule has 2 saturated carbocycles. The van der Waals surface area contributed by atoms with Crippen LogP contribution >= 0.6 is 11.6 Å². The fourth-order valence-electron chi connectivity index (χ4n) is 4.17. The molecule has 4 unspecified atom stereocenters. The Morgan fingerprint density at radius 2 is 2.15 bits per heavy atom. The molecule has 1 aromatic carbocycles. The number of nitrogens with two attached hydrogens (primary N) is 1. The summed E-state index contributed by atoms with van der Waals surface area (Å²) in [6.07, 6.45) is 5.80. The minimum Gasteiger partial charge on any atom is -0.373 e. The van der Waals surface area contributed by atoms with Crippen LogP contribution in [0, 0.1) is 17.8 Å². The third-order valence-corrected chi connectivity index (χ3v) is 5.60. The molecule has 2 nitrogen and oxygen atoms in total. The van der Waals surface area contributed by atoms with Crippen LogP contribution in [0.5, 0.6) is 0 Å². The number of hydrogen-bond acceptors (Lipinski definition) is 2. The van der Waals surface area contributed by atoms with Crippen LogP contribution in [0.3, 0.4) is 0 Å². The lowest BCUT2D eigenvalue weighted by molar-refractivity contribution is 0.337. The second-order valence-corrected chi connectivity index (χ2v) is 7.22. The van der Waals surface area contributed by atoms with Gasteiger partial charge in [0.15, 0.2) is 0 Å². The highest BCUT2D eigenvalue weighted by Crippen LogP contribution is 2.48. The molecule has 0 heterocycles. The van der Waals surface area contributed by atoms with Gasteiger partial charge in [-0.2, -0.15) is 0 Å². The number of hydrogen-bond donors (Lipinski definition) is 1. The lowest BCUT2D eigenvalue weighted by atomic mass is 9.88. The molecule has 0 spiro atoms. The van der Waals surface area contributed by atoms with Crippen LogP contribution in [0.25, 0.3) is 0 Å². The molecule has 3 rings (SSSR count). The Morgan fingerprint density at radius 3 is 2.70 bits per heavy atom. The zero-order chi connectivity index (χ0) is 14.3. The Morgan fingerprint density at radius 1 is 1.35 bits per heavy atom. The first kappa shape index (κ1) is 14.2. The first-order valence-corrected chi connectivity index (χ1v) is 8.18. The summed E-state index contributed by atoms with van der Waals surface area (Å²) in [4.78, 5) is 2.33. The van der Waals surface area contributed by atoms with Crippen LogP contribution in [-0.4, -0.2) is 13.6 Å². The van der Waals surface area contributed by atoms with Gasteiger partial charge in [-0.05, 0) is 61.6 Å². The number of anilines is 1. The van der Waals surface area contributed by atoms with E-state index >= 15 is 0 Å². The van der Waals surface area contributed by atoms with Gasteiger partial charge in [-0.3, -0.25) is 0 Å². The van der Waals surface area contributed by atoms with E-state index in [1.165, 1.54) is 25.7 Å². The van der Waals surface area contributed by atoms with Gasteiger partial charge in [-0.1, -0.05) is 24.1 Å². The molecule has 3 heteroatoms. The monoisotopic (exact) mass is 292 g/mol. The summed E-state index contributed by atoms with van der Waals surface area (Å²) in [5.74, 6) is 2.84. The highest BCUT2D eigenvalue weighted by molar-refractivity contribution is 6.33. The second-order valence-electron chi connectivity index (χ2n) is 6.81. The van der Waals surface area contributed by atoms with Gasteiger partial charge in [0.2, 0.25) is 0 Å². The summed E-state index contributed by atoms with van der Waals surface area (Å²) in [5.41, 5.74) is 8.15. The first-order valence-electron chi connectivity index (χ1n) is 7.80. The molecule has 2 aliphatic rings. The second kappa shape index (κ2) is 5.57. The van der Waals surface area contributed by atoms with Crippen LogP contribution in [0.15, 0.2) is 18.2 Å². The van der Waals surface area contributed by atoms with Crippen LogP contribution in [0.2, 0.25) is 5.02 Å². The maximum absolute atomic E-state index is 6.44. The van der Waals surface area contributed by atoms with Crippen molar-refractivity contribution in [3.63, 3.8) is 0 Å². The molecule has 2 aliphatic carbocycles. The van der Waals surface area contributed by atoms with Crippen LogP contribution < -0.4 is 10.6 Å². The van der Waals surface area contributed by atoms with Crippen molar-refractivity contribution in [1.82, 2.24) is 0 Å². The van der Waals surface area contributed by atoms with E-state index in [0.29, 0.717) is 0 Å². The van der Waals surface area contributed by atoms with Crippen molar-refractivity contribution < 1.29 is 0 Å². The smallest absolute Gasteiger partial charge is 0.0642 e. The van der Waals surface area contributed by atoms with E-state index in [1.807, 2.05) is 13.0 Å². The minimum atomic E-state index is 0.0393.